The Morgan fingerprint density at radius 2 is 1.81 bits per heavy atom. The van der Waals surface area contributed by atoms with Crippen LogP contribution in [0.3, 0.4) is 0 Å². The van der Waals surface area contributed by atoms with E-state index in [-0.39, 0.29) is 66.3 Å². The largest absolute Gasteiger partial charge is 0.350 e. The second-order valence-corrected chi connectivity index (χ2v) is 16.1. The average molecular weight is 603 g/mol. The number of urea groups is 1. The van der Waals surface area contributed by atoms with Gasteiger partial charge in [-0.3, -0.25) is 14.4 Å². The average Bonchev–Trinajstić information content (AvgIpc) is 3.46. The predicted octanol–water partition coefficient (Wildman–Crippen LogP) is 2.78. The first kappa shape index (κ1) is 30.1. The summed E-state index contributed by atoms with van der Waals surface area (Å²) < 4.78 is 27.2. The summed E-state index contributed by atoms with van der Waals surface area (Å²) >= 11 is 0. The van der Waals surface area contributed by atoms with Crippen molar-refractivity contribution in [2.75, 3.05) is 19.6 Å². The fourth-order valence-electron chi connectivity index (χ4n) is 8.62. The smallest absolute Gasteiger partial charge is 0.318 e. The van der Waals surface area contributed by atoms with Crippen molar-refractivity contribution in [3.8, 4) is 6.07 Å². The highest BCUT2D eigenvalue weighted by molar-refractivity contribution is 5.94. The quantitative estimate of drug-likeness (QED) is 0.430. The zero-order valence-corrected chi connectivity index (χ0v) is 25.8. The van der Waals surface area contributed by atoms with E-state index in [1.165, 1.54) is 4.90 Å². The van der Waals surface area contributed by atoms with Crippen molar-refractivity contribution in [2.45, 2.75) is 109 Å². The Hall–Kier alpha value is -2.97. The third-order valence-electron chi connectivity index (χ3n) is 11.4. The van der Waals surface area contributed by atoms with E-state index in [9.17, 15) is 33.2 Å². The first-order valence-corrected chi connectivity index (χ1v) is 15.7. The molecule has 12 heteroatoms. The zero-order chi connectivity index (χ0) is 31.3. The Labute approximate surface area is 251 Å². The number of carbonyl (C=O) groups is 4. The Morgan fingerprint density at radius 3 is 2.37 bits per heavy atom. The molecule has 6 rings (SSSR count). The number of carbonyl (C=O) groups excluding carboxylic acids is 4. The minimum absolute atomic E-state index is 0.0771. The van der Waals surface area contributed by atoms with Gasteiger partial charge in [-0.25, -0.2) is 13.6 Å². The summed E-state index contributed by atoms with van der Waals surface area (Å²) in [6.45, 7) is 10.6. The van der Waals surface area contributed by atoms with Crippen LogP contribution in [-0.4, -0.2) is 82.8 Å². The van der Waals surface area contributed by atoms with Crippen LogP contribution in [0.25, 0.3) is 0 Å². The lowest BCUT2D eigenvalue weighted by molar-refractivity contribution is -0.154. The van der Waals surface area contributed by atoms with Crippen LogP contribution < -0.4 is 16.0 Å². The number of nitrogens with zero attached hydrogens (tertiary/aromatic N) is 3. The minimum Gasteiger partial charge on any atom is -0.350 e. The maximum absolute atomic E-state index is 14.2. The number of nitriles is 1. The van der Waals surface area contributed by atoms with Gasteiger partial charge in [-0.2, -0.15) is 5.26 Å². The maximum atomic E-state index is 14.2. The number of piperidine rings is 1. The third-order valence-corrected chi connectivity index (χ3v) is 11.4. The molecule has 3 saturated heterocycles. The first-order valence-electron chi connectivity index (χ1n) is 15.7. The van der Waals surface area contributed by atoms with Crippen LogP contribution in [0.15, 0.2) is 0 Å². The molecule has 3 heterocycles. The zero-order valence-electron chi connectivity index (χ0n) is 25.8. The number of amides is 5. The van der Waals surface area contributed by atoms with Crippen molar-refractivity contribution in [2.24, 2.45) is 34.0 Å². The topological polar surface area (TPSA) is 135 Å². The van der Waals surface area contributed by atoms with E-state index in [1.807, 2.05) is 20.8 Å². The number of fused-ring (bicyclic) bond motifs is 1. The summed E-state index contributed by atoms with van der Waals surface area (Å²) in [5.74, 6) is -3.85. The van der Waals surface area contributed by atoms with Crippen molar-refractivity contribution >= 4 is 23.8 Å². The molecule has 6 aliphatic rings. The van der Waals surface area contributed by atoms with Crippen LogP contribution in [0.2, 0.25) is 0 Å². The number of rotatable bonds is 6. The van der Waals surface area contributed by atoms with Crippen molar-refractivity contribution in [1.82, 2.24) is 25.8 Å². The summed E-state index contributed by atoms with van der Waals surface area (Å²) in [5, 5.41) is 18.6. The van der Waals surface area contributed by atoms with Crippen molar-refractivity contribution in [1.29, 1.82) is 5.26 Å². The number of alkyl halides is 2. The van der Waals surface area contributed by atoms with Gasteiger partial charge in [0.1, 0.15) is 18.1 Å². The Bertz CT molecular complexity index is 1280. The molecule has 0 aromatic heterocycles. The molecule has 3 N–H and O–H groups in total. The van der Waals surface area contributed by atoms with Crippen molar-refractivity contribution in [3.63, 3.8) is 0 Å². The highest BCUT2D eigenvalue weighted by Crippen LogP contribution is 2.65. The Kier molecular flexibility index (Phi) is 6.65. The first-order chi connectivity index (χ1) is 19.9. The van der Waals surface area contributed by atoms with Gasteiger partial charge in [0.25, 0.3) is 0 Å². The number of likely N-dealkylation sites (tertiary alicyclic amines) is 2. The molecule has 3 saturated carbocycles. The number of hydrogen-bond donors (Lipinski definition) is 3. The molecule has 3 aliphatic heterocycles. The van der Waals surface area contributed by atoms with E-state index < -0.39 is 46.8 Å². The molecule has 2 spiro atoms. The van der Waals surface area contributed by atoms with Gasteiger partial charge in [0.15, 0.2) is 0 Å². The molecule has 0 aromatic rings. The Balaban J connectivity index is 1.14. The standard InChI is InChI=1S/C31H44F2N6O4/c1-27(2,3)22(36-26(43)38-9-8-29(16-38)14-31(32,33)15-29)25(42)39-13-19-20(28(19,4)5)21(39)24(41)35-18(12-34)10-17-11-30(6-7-30)37-23(17)40/h17-22H,6-11,13-16H2,1-5H3,(H,35,41)(H,36,43)(H,37,40)/t17-,18+,19+,20+,21+,22-/m1/s1. The van der Waals surface area contributed by atoms with Gasteiger partial charge in [0, 0.05) is 49.3 Å². The monoisotopic (exact) mass is 602 g/mol. The molecular formula is C31H44F2N6O4. The number of hydrogen-bond acceptors (Lipinski definition) is 5. The van der Waals surface area contributed by atoms with Gasteiger partial charge < -0.3 is 25.8 Å². The number of halogens is 2. The highest BCUT2D eigenvalue weighted by atomic mass is 19.3. The normalized spacial score (nSPS) is 33.2. The van der Waals surface area contributed by atoms with E-state index >= 15 is 0 Å². The summed E-state index contributed by atoms with van der Waals surface area (Å²) in [7, 11) is 0. The van der Waals surface area contributed by atoms with Crippen LogP contribution in [-0.2, 0) is 14.4 Å². The molecule has 5 amide bonds. The molecule has 3 aliphatic carbocycles. The van der Waals surface area contributed by atoms with Gasteiger partial charge in [0.2, 0.25) is 23.6 Å². The molecular weight excluding hydrogens is 558 g/mol. The van der Waals surface area contributed by atoms with E-state index in [4.69, 9.17) is 0 Å². The minimum atomic E-state index is -2.68. The molecule has 0 radical (unpaired) electrons. The Morgan fingerprint density at radius 1 is 1.14 bits per heavy atom. The third kappa shape index (κ3) is 5.24. The second kappa shape index (κ2) is 9.51. The molecule has 6 atom stereocenters. The molecule has 6 fully saturated rings. The molecule has 10 nitrogen and oxygen atoms in total. The molecule has 0 bridgehead atoms. The van der Waals surface area contributed by atoms with Crippen LogP contribution in [0.5, 0.6) is 0 Å². The SMILES string of the molecule is CC(C)(C)[C@H](NC(=O)N1CCC2(C1)CC(F)(F)C2)C(=O)N1C[C@H]2[C@@H]([C@H]1C(=O)N[C@H](C#N)C[C@@H]1CC3(CC3)NC1=O)C2(C)C. The van der Waals surface area contributed by atoms with E-state index in [0.717, 1.165) is 12.8 Å². The molecule has 0 unspecified atom stereocenters. The van der Waals surface area contributed by atoms with Gasteiger partial charge in [-0.1, -0.05) is 34.6 Å². The van der Waals surface area contributed by atoms with E-state index in [2.05, 4.69) is 35.9 Å². The van der Waals surface area contributed by atoms with Crippen LogP contribution in [0, 0.1) is 45.3 Å². The van der Waals surface area contributed by atoms with E-state index in [0.29, 0.717) is 25.9 Å². The van der Waals surface area contributed by atoms with Gasteiger partial charge in [-0.15, -0.1) is 0 Å². The maximum Gasteiger partial charge on any atom is 0.318 e. The second-order valence-electron chi connectivity index (χ2n) is 16.1. The summed E-state index contributed by atoms with van der Waals surface area (Å²) in [5.41, 5.74) is -1.53. The highest BCUT2D eigenvalue weighted by Gasteiger charge is 2.70. The lowest BCUT2D eigenvalue weighted by Crippen LogP contribution is -2.61. The van der Waals surface area contributed by atoms with E-state index in [1.54, 1.807) is 4.90 Å². The fourth-order valence-corrected chi connectivity index (χ4v) is 8.62. The fraction of sp³-hybridized carbons (Fsp3) is 0.839. The van der Waals surface area contributed by atoms with Crippen LogP contribution in [0.1, 0.15) is 79.6 Å². The van der Waals surface area contributed by atoms with Crippen molar-refractivity contribution in [3.05, 3.63) is 0 Å². The van der Waals surface area contributed by atoms with Crippen LogP contribution in [0.4, 0.5) is 13.6 Å². The summed E-state index contributed by atoms with van der Waals surface area (Å²) in [4.78, 5) is 56.9. The van der Waals surface area contributed by atoms with Gasteiger partial charge in [-0.05, 0) is 54.8 Å². The number of nitrogens with one attached hydrogen (secondary N) is 3. The van der Waals surface area contributed by atoms with Gasteiger partial charge >= 0.3 is 6.03 Å². The molecule has 43 heavy (non-hydrogen) atoms. The lowest BCUT2D eigenvalue weighted by Gasteiger charge is -2.44. The lowest BCUT2D eigenvalue weighted by atomic mass is 9.65. The van der Waals surface area contributed by atoms with Crippen molar-refractivity contribution < 1.29 is 28.0 Å². The molecule has 0 aromatic carbocycles. The summed E-state index contributed by atoms with van der Waals surface area (Å²) in [6, 6.07) is -0.927. The predicted molar refractivity (Wildman–Crippen MR) is 151 cm³/mol. The van der Waals surface area contributed by atoms with Gasteiger partial charge in [0.05, 0.1) is 6.07 Å². The molecule has 236 valence electrons. The summed E-state index contributed by atoms with van der Waals surface area (Å²) in [6.07, 6.45) is 2.85. The van der Waals surface area contributed by atoms with Crippen LogP contribution >= 0.6 is 0 Å².